The number of nitrogens with one attached hydrogen (secondary N) is 1. The molecule has 0 saturated carbocycles. The molecule has 5 rings (SSSR count). The SMILES string of the molecule is Cc1ccc2c(c1)c(CNCC1CCN(c3ncc(C(=O)COC4CCCCO4)cn3)CC1)c(C)n2C. The number of nitrogens with zero attached hydrogens (tertiary/aromatic N) is 4. The number of carbonyl (C=O) groups is 1. The van der Waals surface area contributed by atoms with Crippen LogP contribution in [-0.2, 0) is 23.1 Å². The van der Waals surface area contributed by atoms with Crippen molar-refractivity contribution in [1.82, 2.24) is 19.9 Å². The maximum Gasteiger partial charge on any atom is 0.225 e. The first kappa shape index (κ1) is 25.8. The summed E-state index contributed by atoms with van der Waals surface area (Å²) in [5, 5.41) is 5.08. The lowest BCUT2D eigenvalue weighted by Crippen LogP contribution is -2.38. The second-order valence-electron chi connectivity index (χ2n) is 10.5. The average Bonchev–Trinajstić information content (AvgIpc) is 3.17. The van der Waals surface area contributed by atoms with Gasteiger partial charge in [-0.1, -0.05) is 11.6 Å². The van der Waals surface area contributed by atoms with E-state index in [1.54, 1.807) is 12.4 Å². The summed E-state index contributed by atoms with van der Waals surface area (Å²) in [6, 6.07) is 6.71. The Kier molecular flexibility index (Phi) is 8.17. The van der Waals surface area contributed by atoms with Gasteiger partial charge in [-0.25, -0.2) is 9.97 Å². The predicted octanol–water partition coefficient (Wildman–Crippen LogP) is 4.32. The number of carbonyl (C=O) groups excluding carboxylic acids is 1. The van der Waals surface area contributed by atoms with E-state index in [9.17, 15) is 4.79 Å². The van der Waals surface area contributed by atoms with Crippen LogP contribution in [-0.4, -0.2) is 59.5 Å². The molecule has 1 unspecified atom stereocenters. The van der Waals surface area contributed by atoms with E-state index < -0.39 is 0 Å². The number of ketones is 1. The summed E-state index contributed by atoms with van der Waals surface area (Å²) in [6.07, 6.45) is 8.15. The predicted molar refractivity (Wildman–Crippen MR) is 145 cm³/mol. The van der Waals surface area contributed by atoms with Crippen LogP contribution in [0.3, 0.4) is 0 Å². The highest BCUT2D eigenvalue weighted by Gasteiger charge is 2.22. The van der Waals surface area contributed by atoms with E-state index in [0.29, 0.717) is 24.0 Å². The van der Waals surface area contributed by atoms with E-state index >= 15 is 0 Å². The van der Waals surface area contributed by atoms with E-state index in [4.69, 9.17) is 9.47 Å². The van der Waals surface area contributed by atoms with Gasteiger partial charge in [-0.3, -0.25) is 4.79 Å². The Bertz CT molecular complexity index is 1210. The zero-order valence-corrected chi connectivity index (χ0v) is 22.3. The third-order valence-corrected chi connectivity index (χ3v) is 7.91. The molecule has 0 bridgehead atoms. The molecule has 0 radical (unpaired) electrons. The molecular formula is C29H39N5O3. The summed E-state index contributed by atoms with van der Waals surface area (Å²) in [5.41, 5.74) is 5.81. The molecule has 2 aromatic heterocycles. The van der Waals surface area contributed by atoms with Crippen molar-refractivity contribution in [2.45, 2.75) is 58.8 Å². The summed E-state index contributed by atoms with van der Waals surface area (Å²) < 4.78 is 13.4. The van der Waals surface area contributed by atoms with Gasteiger partial charge in [0.1, 0.15) is 6.61 Å². The fraction of sp³-hybridized carbons (Fsp3) is 0.552. The van der Waals surface area contributed by atoms with Crippen molar-refractivity contribution in [1.29, 1.82) is 0 Å². The van der Waals surface area contributed by atoms with Crippen molar-refractivity contribution in [2.24, 2.45) is 13.0 Å². The van der Waals surface area contributed by atoms with E-state index in [2.05, 4.69) is 63.8 Å². The van der Waals surface area contributed by atoms with Crippen molar-refractivity contribution < 1.29 is 14.3 Å². The number of anilines is 1. The molecular weight excluding hydrogens is 466 g/mol. The highest BCUT2D eigenvalue weighted by Crippen LogP contribution is 2.26. The van der Waals surface area contributed by atoms with Crippen molar-refractivity contribution in [3.63, 3.8) is 0 Å². The van der Waals surface area contributed by atoms with Gasteiger partial charge in [-0.15, -0.1) is 0 Å². The zero-order valence-electron chi connectivity index (χ0n) is 22.3. The molecule has 37 heavy (non-hydrogen) atoms. The largest absolute Gasteiger partial charge is 0.353 e. The second-order valence-corrected chi connectivity index (χ2v) is 10.5. The summed E-state index contributed by atoms with van der Waals surface area (Å²) in [7, 11) is 2.15. The van der Waals surface area contributed by atoms with Crippen LogP contribution in [0.2, 0.25) is 0 Å². The molecule has 0 spiro atoms. The van der Waals surface area contributed by atoms with Crippen LogP contribution in [0.25, 0.3) is 10.9 Å². The van der Waals surface area contributed by atoms with Gasteiger partial charge in [-0.05, 0) is 76.1 Å². The number of hydrogen-bond acceptors (Lipinski definition) is 7. The van der Waals surface area contributed by atoms with Gasteiger partial charge in [-0.2, -0.15) is 0 Å². The maximum atomic E-state index is 12.4. The van der Waals surface area contributed by atoms with Gasteiger partial charge >= 0.3 is 0 Å². The minimum atomic E-state index is -0.270. The number of ether oxygens (including phenoxy) is 2. The number of fused-ring (bicyclic) bond motifs is 1. The fourth-order valence-electron chi connectivity index (χ4n) is 5.45. The summed E-state index contributed by atoms with van der Waals surface area (Å²) in [5.74, 6) is 1.22. The van der Waals surface area contributed by atoms with Crippen LogP contribution in [0.4, 0.5) is 5.95 Å². The number of aromatic nitrogens is 3. The quantitative estimate of drug-likeness (QED) is 0.434. The Morgan fingerprint density at radius 3 is 2.65 bits per heavy atom. The number of piperidine rings is 1. The van der Waals surface area contributed by atoms with Crippen LogP contribution < -0.4 is 10.2 Å². The average molecular weight is 506 g/mol. The fourth-order valence-corrected chi connectivity index (χ4v) is 5.45. The molecule has 1 atom stereocenters. The first-order valence-electron chi connectivity index (χ1n) is 13.6. The third kappa shape index (κ3) is 6.03. The lowest BCUT2D eigenvalue weighted by molar-refractivity contribution is -0.155. The topological polar surface area (TPSA) is 81.5 Å². The molecule has 0 aliphatic carbocycles. The van der Waals surface area contributed by atoms with Crippen LogP contribution in [0.5, 0.6) is 0 Å². The van der Waals surface area contributed by atoms with Crippen LogP contribution in [0, 0.1) is 19.8 Å². The second kappa shape index (κ2) is 11.7. The number of hydrogen-bond donors (Lipinski definition) is 1. The van der Waals surface area contributed by atoms with Gasteiger partial charge < -0.3 is 24.3 Å². The van der Waals surface area contributed by atoms with E-state index in [0.717, 1.165) is 58.3 Å². The zero-order chi connectivity index (χ0) is 25.8. The van der Waals surface area contributed by atoms with Crippen molar-refractivity contribution in [3.05, 3.63) is 53.0 Å². The number of benzene rings is 1. The van der Waals surface area contributed by atoms with Gasteiger partial charge in [0.2, 0.25) is 5.95 Å². The third-order valence-electron chi connectivity index (χ3n) is 7.91. The first-order chi connectivity index (χ1) is 18.0. The van der Waals surface area contributed by atoms with Crippen LogP contribution >= 0.6 is 0 Å². The van der Waals surface area contributed by atoms with Crippen LogP contribution in [0.15, 0.2) is 30.6 Å². The normalized spacial score (nSPS) is 19.0. The van der Waals surface area contributed by atoms with Gasteiger partial charge in [0.25, 0.3) is 0 Å². The monoisotopic (exact) mass is 505 g/mol. The number of Topliss-reactive ketones (excluding diaryl/α,β-unsaturated/α-hetero) is 1. The molecule has 2 aliphatic heterocycles. The molecule has 3 aromatic rings. The Morgan fingerprint density at radius 1 is 1.14 bits per heavy atom. The molecule has 1 aromatic carbocycles. The summed E-state index contributed by atoms with van der Waals surface area (Å²) >= 11 is 0. The van der Waals surface area contributed by atoms with Gasteiger partial charge in [0.05, 0.1) is 5.56 Å². The molecule has 2 saturated heterocycles. The lowest BCUT2D eigenvalue weighted by atomic mass is 9.97. The lowest BCUT2D eigenvalue weighted by Gasteiger charge is -2.32. The summed E-state index contributed by atoms with van der Waals surface area (Å²) in [4.78, 5) is 23.6. The molecule has 2 fully saturated rings. The molecule has 8 heteroatoms. The highest BCUT2D eigenvalue weighted by atomic mass is 16.7. The molecule has 0 amide bonds. The molecule has 1 N–H and O–H groups in total. The molecule has 2 aliphatic rings. The maximum absolute atomic E-state index is 12.4. The molecule has 4 heterocycles. The minimum Gasteiger partial charge on any atom is -0.353 e. The summed E-state index contributed by atoms with van der Waals surface area (Å²) in [6.45, 7) is 8.82. The highest BCUT2D eigenvalue weighted by molar-refractivity contribution is 5.96. The van der Waals surface area contributed by atoms with E-state index in [1.807, 2.05) is 0 Å². The Morgan fingerprint density at radius 2 is 1.92 bits per heavy atom. The molecule has 198 valence electrons. The standard InChI is InChI=1S/C29H39N5O3/c1-20-7-8-26-24(14-20)25(21(2)33(26)3)18-30-15-22-9-11-34(12-10-22)29-31-16-23(17-32-29)27(35)19-37-28-6-4-5-13-36-28/h7-8,14,16-17,22,28,30H,4-6,9-13,15,18-19H2,1-3H3. The van der Waals surface area contributed by atoms with Crippen molar-refractivity contribution >= 4 is 22.6 Å². The van der Waals surface area contributed by atoms with Crippen LogP contribution in [0.1, 0.15) is 59.3 Å². The number of rotatable bonds is 9. The van der Waals surface area contributed by atoms with Crippen molar-refractivity contribution in [2.75, 3.05) is 37.7 Å². The van der Waals surface area contributed by atoms with Gasteiger partial charge in [0, 0.05) is 62.3 Å². The smallest absolute Gasteiger partial charge is 0.225 e. The first-order valence-corrected chi connectivity index (χ1v) is 13.6. The van der Waals surface area contributed by atoms with Gasteiger partial charge in [0.15, 0.2) is 12.1 Å². The Labute approximate surface area is 219 Å². The Balaban J connectivity index is 1.07. The van der Waals surface area contributed by atoms with E-state index in [-0.39, 0.29) is 18.7 Å². The molecule has 8 nitrogen and oxygen atoms in total. The van der Waals surface area contributed by atoms with Crippen molar-refractivity contribution in [3.8, 4) is 0 Å². The minimum absolute atomic E-state index is 0.00365. The number of aryl methyl sites for hydroxylation is 2. The Hall–Kier alpha value is -2.81. The van der Waals surface area contributed by atoms with E-state index in [1.165, 1.54) is 27.7 Å².